The molecule has 0 spiro atoms. The van der Waals surface area contributed by atoms with E-state index in [1.54, 1.807) is 110 Å². The van der Waals surface area contributed by atoms with Crippen molar-refractivity contribution in [3.8, 4) is 57.1 Å². The second-order valence-electron chi connectivity index (χ2n) is 33.4. The van der Waals surface area contributed by atoms with Crippen LogP contribution in [0.4, 0.5) is 30.5 Å². The van der Waals surface area contributed by atoms with Gasteiger partial charge in [0, 0.05) is 62.0 Å². The Morgan fingerprint density at radius 1 is 0.611 bits per heavy atom. The molecular formula is C111H113Cl4F3N11NaO19. The van der Waals surface area contributed by atoms with Crippen LogP contribution < -0.4 is 54.8 Å². The number of carboxylic acids is 5. The van der Waals surface area contributed by atoms with Crippen molar-refractivity contribution in [2.45, 2.75) is 134 Å². The number of carbonyl (C=O) groups excluding carboxylic acids is 2. The zero-order chi connectivity index (χ0) is 107. The van der Waals surface area contributed by atoms with Crippen LogP contribution in [0.5, 0.6) is 23.3 Å². The number of ketones is 1. The number of methoxy groups -OCH3 is 2. The second-order valence-corrected chi connectivity index (χ2v) is 35.0. The number of Topliss-reactive ketones (excluding diaryl/α,β-unsaturated/α-hetero) is 1. The van der Waals surface area contributed by atoms with E-state index in [4.69, 9.17) is 106 Å². The number of halogens is 7. The molecule has 0 amide bonds. The number of nitrogens with zero attached hydrogens (tertiary/aromatic N) is 8. The minimum atomic E-state index is -4.45. The van der Waals surface area contributed by atoms with Gasteiger partial charge in [0.25, 0.3) is 5.95 Å². The second kappa shape index (κ2) is 59.6. The Kier molecular flexibility index (Phi) is 47.3. The quantitative estimate of drug-likeness (QED) is 0.00640. The number of para-hydroxylation sites is 4. The molecule has 776 valence electrons. The fourth-order valence-electron chi connectivity index (χ4n) is 15.7. The maximum Gasteiger partial charge on any atom is 1.00 e. The number of ether oxygens (including phenoxy) is 6. The Labute approximate surface area is 902 Å². The summed E-state index contributed by atoms with van der Waals surface area (Å²) in [5.41, 5.74) is 19.8. The number of alkyl halides is 4. The third-order valence-electron chi connectivity index (χ3n) is 22.9. The molecule has 30 nitrogen and oxygen atoms in total. The summed E-state index contributed by atoms with van der Waals surface area (Å²) in [6, 6.07) is 82.4. The van der Waals surface area contributed by atoms with Crippen molar-refractivity contribution in [1.82, 2.24) is 44.9 Å². The van der Waals surface area contributed by atoms with Gasteiger partial charge in [-0.3, -0.25) is 28.8 Å². The van der Waals surface area contributed by atoms with Gasteiger partial charge in [-0.05, 0) is 185 Å². The molecule has 11 aromatic carbocycles. The number of aliphatic carboxylic acids is 5. The van der Waals surface area contributed by atoms with Gasteiger partial charge in [-0.25, -0.2) is 9.78 Å². The Hall–Kier alpha value is -14.4. The normalized spacial score (nSPS) is 12.9. The van der Waals surface area contributed by atoms with Gasteiger partial charge in [0.2, 0.25) is 17.7 Å². The number of carboxylic acid groups (broad SMARTS) is 5. The van der Waals surface area contributed by atoms with E-state index in [0.717, 1.165) is 86.6 Å². The molecule has 15 aromatic rings. The summed E-state index contributed by atoms with van der Waals surface area (Å²) in [7, 11) is 3.15. The monoisotopic (exact) mass is 2120 g/mol. The third kappa shape index (κ3) is 36.3. The Bertz CT molecular complexity index is 6900. The van der Waals surface area contributed by atoms with Crippen molar-refractivity contribution < 1.29 is 137 Å². The Morgan fingerprint density at radius 3 is 1.83 bits per heavy atom. The number of aryl methyl sites for hydroxylation is 3. The number of carbonyl (C=O) groups is 7. The SMILES string of the molecule is CCc1cccc2c3c([nH]c12)C(CC)(CC(=O)O)OCC3.COc1cc(C)nc(-n2nc(C)cc2OC)n1.Nc1nnnn1-c1ccccc1.O=C(O)C(Cl)c1ccc(C2CCCCC2)c(Cl)c1.O=C(O)CCC(=O)c1ccc(-c2ccccc2)cc1.O=C(O)Cc1ccc(-c2ccccc2)cc1.O=C(O)Cc1ccccc1Oc1ccc(Cl)cc1Cl.O=C(OCCOCCO)c1ccccc1Nc1cccc(C(F)(F)F)c1.[H-].[Na+]. The first-order chi connectivity index (χ1) is 71.1. The van der Waals surface area contributed by atoms with Crippen molar-refractivity contribution in [2.75, 3.05) is 58.3 Å². The Morgan fingerprint density at radius 2 is 1.23 bits per heavy atom. The van der Waals surface area contributed by atoms with Crippen LogP contribution in [-0.2, 0) is 75.6 Å². The number of hydrogen-bond donors (Lipinski definition) is 9. The van der Waals surface area contributed by atoms with Crippen molar-refractivity contribution in [2.24, 2.45) is 0 Å². The topological polar surface area (TPSA) is 437 Å². The molecule has 2 atom stereocenters. The first-order valence-corrected chi connectivity index (χ1v) is 48.5. The van der Waals surface area contributed by atoms with E-state index in [0.29, 0.717) is 91.5 Å². The fourth-order valence-corrected chi connectivity index (χ4v) is 16.6. The van der Waals surface area contributed by atoms with Crippen LogP contribution in [0.1, 0.15) is 161 Å². The van der Waals surface area contributed by atoms with Crippen molar-refractivity contribution in [3.05, 3.63) is 361 Å². The smallest absolute Gasteiger partial charge is 1.00 e. The van der Waals surface area contributed by atoms with Gasteiger partial charge in [-0.15, -0.1) is 11.6 Å². The molecule has 2 unspecified atom stereocenters. The minimum Gasteiger partial charge on any atom is -1.00 e. The molecule has 2 aliphatic rings. The van der Waals surface area contributed by atoms with E-state index in [1.807, 2.05) is 160 Å². The first kappa shape index (κ1) is 118. The molecule has 5 heterocycles. The number of aromatic nitrogens is 9. The molecule has 4 aromatic heterocycles. The zero-order valence-corrected chi connectivity index (χ0v) is 87.8. The number of hydrogen-bond acceptors (Lipinski definition) is 22. The number of tetrazole rings is 1. The number of benzene rings is 11. The van der Waals surface area contributed by atoms with Crippen LogP contribution in [0.2, 0.25) is 15.1 Å². The summed E-state index contributed by atoms with van der Waals surface area (Å²) in [6.07, 6.45) is 4.01. The van der Waals surface area contributed by atoms with Crippen molar-refractivity contribution in [3.63, 3.8) is 0 Å². The molecule has 17 rings (SSSR count). The van der Waals surface area contributed by atoms with E-state index in [9.17, 15) is 51.8 Å². The van der Waals surface area contributed by atoms with E-state index >= 15 is 0 Å². The fraction of sp³-hybridized carbons (Fsp3) is 0.252. The van der Waals surface area contributed by atoms with Crippen LogP contribution in [0.3, 0.4) is 0 Å². The molecule has 38 heteroatoms. The number of H-pyrrole nitrogens is 1. The molecule has 10 N–H and O–H groups in total. The maximum atomic E-state index is 12.8. The molecule has 1 saturated carbocycles. The average Bonchev–Trinajstić information content (AvgIpc) is 1.59. The van der Waals surface area contributed by atoms with Gasteiger partial charge in [0.05, 0.1) is 105 Å². The number of nitrogen functional groups attached to an aromatic ring is 1. The van der Waals surface area contributed by atoms with Crippen LogP contribution in [0.15, 0.2) is 279 Å². The van der Waals surface area contributed by atoms with E-state index in [-0.39, 0.29) is 107 Å². The number of nitrogens with two attached hydrogens (primary N) is 1. The summed E-state index contributed by atoms with van der Waals surface area (Å²) in [6.45, 7) is 8.61. The molecule has 0 radical (unpaired) electrons. The molecule has 1 aliphatic carbocycles. The summed E-state index contributed by atoms with van der Waals surface area (Å²) in [5, 5.41) is 72.3. The molecule has 0 bridgehead atoms. The van der Waals surface area contributed by atoms with Gasteiger partial charge in [-0.1, -0.05) is 267 Å². The predicted octanol–water partition coefficient (Wildman–Crippen LogP) is 21.2. The van der Waals surface area contributed by atoms with Gasteiger partial charge >= 0.3 is 71.5 Å². The van der Waals surface area contributed by atoms with Crippen LogP contribution >= 0.6 is 46.4 Å². The molecule has 0 saturated heterocycles. The molecule has 149 heavy (non-hydrogen) atoms. The van der Waals surface area contributed by atoms with Crippen LogP contribution in [0.25, 0.3) is 44.8 Å². The number of nitrogens with one attached hydrogen (secondary N) is 2. The maximum absolute atomic E-state index is 12.8. The molecular weight excluding hydrogens is 2010 g/mol. The summed E-state index contributed by atoms with van der Waals surface area (Å²) in [5.74, 6) is -2.06. The summed E-state index contributed by atoms with van der Waals surface area (Å²) >= 11 is 23.9. The summed E-state index contributed by atoms with van der Waals surface area (Å²) < 4.78 is 73.4. The zero-order valence-electron chi connectivity index (χ0n) is 83.7. The van der Waals surface area contributed by atoms with E-state index in [2.05, 4.69) is 66.0 Å². The van der Waals surface area contributed by atoms with E-state index in [1.165, 1.54) is 71.5 Å². The van der Waals surface area contributed by atoms with Gasteiger partial charge in [-0.2, -0.15) is 32.6 Å². The van der Waals surface area contributed by atoms with Crippen LogP contribution in [0, 0.1) is 13.8 Å². The summed E-state index contributed by atoms with van der Waals surface area (Å²) in [4.78, 5) is 89.8. The number of esters is 1. The van der Waals surface area contributed by atoms with Crippen molar-refractivity contribution >= 4 is 116 Å². The van der Waals surface area contributed by atoms with Crippen LogP contribution in [-0.4, -0.2) is 164 Å². The first-order valence-electron chi connectivity index (χ1n) is 46.9. The number of anilines is 3. The predicted molar refractivity (Wildman–Crippen MR) is 561 cm³/mol. The van der Waals surface area contributed by atoms with E-state index < -0.39 is 58.5 Å². The van der Waals surface area contributed by atoms with Gasteiger partial charge in [0.1, 0.15) is 23.7 Å². The molecule has 1 aliphatic heterocycles. The standard InChI is InChI=1S/C18H18F3NO4.C17H21NO3.C16H14O3.C14H10Cl2O3.C14H16Cl2O2.C14H12O2.C11H14N4O2.C7H7N5.Na.H/c19-18(20,21)13-4-3-5-14(12-13)22-16-7-2-1-6-15(16)17(24)26-11-10-25-9-8-23;1-3-11-6-5-7-12-13-8-9-21-17(4-2,10-14(19)20)16(13)18-15(11)12;17-15(10-11-16(18)19)14-8-6-13(7-9-14)12-4-2-1-3-5-12;15-10-5-6-13(11(16)8-10)19-12-4-2-1-3-9(12)7-14(17)18;15-12-8-10(13(16)14(17)18)6-7-11(12)9-4-2-1-3-5-9;15-14(16)10-11-6-8-13(9-7-11)12-4-2-1-3-5-12;1-7-5-9(16-3)13-11(12-7)15-10(17-4)6-8(2)14-15;8-7-9-10-11-12(7)6-4-2-1-3-5-6;;/h1-7,12,22-23H,8-11H2;5-7,18H,3-4,8-10H2,1-2H3,(H,19,20);1-9H,10-11H2,(H,18,19);1-6,8H,7H2,(H,17,18);6-9,13H,1-5H2,(H,17,18);1-9H,10H2,(H,15,16);5-6H,1-4H3;1-5H,(H2,8,9,11);;/q;;;;;;;;+1;-1. The largest absolute Gasteiger partial charge is 1.00 e. The number of aliphatic hydroxyl groups excluding tert-OH is 1. The number of rotatable bonds is 31. The van der Waals surface area contributed by atoms with Gasteiger partial charge in [0.15, 0.2) is 11.2 Å². The Balaban J connectivity index is 0.000000210. The average molecular weight is 2130 g/mol. The molecule has 1 fully saturated rings. The minimum absolute atomic E-state index is 0. The van der Waals surface area contributed by atoms with Gasteiger partial charge < -0.3 is 76.5 Å². The third-order valence-corrected chi connectivity index (χ3v) is 24.2. The van der Waals surface area contributed by atoms with Crippen molar-refractivity contribution in [1.29, 1.82) is 0 Å². The number of aromatic amines is 1. The number of aliphatic hydroxyl groups is 1. The number of fused-ring (bicyclic) bond motifs is 3.